The van der Waals surface area contributed by atoms with Crippen molar-refractivity contribution in [1.82, 2.24) is 10.2 Å². The van der Waals surface area contributed by atoms with Gasteiger partial charge in [-0.2, -0.15) is 0 Å². The normalized spacial score (nSPS) is 12.3. The van der Waals surface area contributed by atoms with E-state index < -0.39 is 6.04 Å². The van der Waals surface area contributed by atoms with Gasteiger partial charge in [0.2, 0.25) is 5.91 Å². The summed E-state index contributed by atoms with van der Waals surface area (Å²) in [5.74, 6) is 0.579. The molecule has 0 aromatic heterocycles. The Bertz CT molecular complexity index is 1130. The van der Waals surface area contributed by atoms with E-state index in [2.05, 4.69) is 5.32 Å². The molecule has 0 saturated heterocycles. The van der Waals surface area contributed by atoms with Gasteiger partial charge in [0.15, 0.2) is 18.1 Å². The minimum atomic E-state index is -0.699. The van der Waals surface area contributed by atoms with Crippen LogP contribution in [-0.2, 0) is 22.6 Å². The summed E-state index contributed by atoms with van der Waals surface area (Å²) in [6.45, 7) is 6.08. The molecule has 0 radical (unpaired) electrons. The Morgan fingerprint density at radius 2 is 1.56 bits per heavy atom. The molecular formula is C30H36N2O4. The summed E-state index contributed by atoms with van der Waals surface area (Å²) in [5, 5.41) is 3.08. The lowest BCUT2D eigenvalue weighted by molar-refractivity contribution is -0.143. The van der Waals surface area contributed by atoms with Crippen LogP contribution in [-0.4, -0.2) is 42.5 Å². The van der Waals surface area contributed by atoms with Crippen molar-refractivity contribution < 1.29 is 19.1 Å². The minimum Gasteiger partial charge on any atom is -0.493 e. The maximum Gasteiger partial charge on any atom is 0.261 e. The number of benzene rings is 3. The number of methoxy groups -OCH3 is 1. The molecule has 2 atom stereocenters. The number of hydrogen-bond acceptors (Lipinski definition) is 4. The molecule has 0 aliphatic heterocycles. The van der Waals surface area contributed by atoms with Crippen LogP contribution in [0.25, 0.3) is 0 Å². The number of nitrogens with zero attached hydrogens (tertiary/aromatic N) is 1. The average molecular weight is 489 g/mol. The molecular weight excluding hydrogens is 452 g/mol. The predicted octanol–water partition coefficient (Wildman–Crippen LogP) is 4.94. The molecule has 3 rings (SSSR count). The number of nitrogens with one attached hydrogen (secondary N) is 1. The predicted molar refractivity (Wildman–Crippen MR) is 142 cm³/mol. The molecule has 3 aromatic rings. The molecule has 0 spiro atoms. The van der Waals surface area contributed by atoms with E-state index in [9.17, 15) is 9.59 Å². The molecule has 0 saturated carbocycles. The summed E-state index contributed by atoms with van der Waals surface area (Å²) in [4.78, 5) is 28.9. The fraction of sp³-hybridized carbons (Fsp3) is 0.333. The van der Waals surface area contributed by atoms with Crippen molar-refractivity contribution >= 4 is 11.8 Å². The maximum absolute atomic E-state index is 13.7. The van der Waals surface area contributed by atoms with Crippen LogP contribution in [0.3, 0.4) is 0 Å². The van der Waals surface area contributed by atoms with Gasteiger partial charge < -0.3 is 19.7 Å². The summed E-state index contributed by atoms with van der Waals surface area (Å²) in [6, 6.07) is 24.2. The first kappa shape index (κ1) is 26.8. The minimum absolute atomic E-state index is 0.00369. The van der Waals surface area contributed by atoms with Crippen LogP contribution in [0.5, 0.6) is 11.5 Å². The highest BCUT2D eigenvalue weighted by molar-refractivity contribution is 5.88. The second-order valence-corrected chi connectivity index (χ2v) is 8.91. The van der Waals surface area contributed by atoms with Gasteiger partial charge in [0.05, 0.1) is 7.11 Å². The van der Waals surface area contributed by atoms with E-state index in [-0.39, 0.29) is 24.5 Å². The van der Waals surface area contributed by atoms with Gasteiger partial charge in [0.1, 0.15) is 6.04 Å². The second kappa shape index (κ2) is 13.3. The summed E-state index contributed by atoms with van der Waals surface area (Å²) in [5.41, 5.74) is 3.02. The summed E-state index contributed by atoms with van der Waals surface area (Å²) < 4.78 is 11.2. The van der Waals surface area contributed by atoms with Crippen LogP contribution < -0.4 is 14.8 Å². The Morgan fingerprint density at radius 1 is 0.917 bits per heavy atom. The molecule has 0 aliphatic carbocycles. The number of carbonyl (C=O) groups is 2. The molecule has 6 heteroatoms. The van der Waals surface area contributed by atoms with E-state index in [4.69, 9.17) is 9.47 Å². The molecule has 2 amide bonds. The fourth-order valence-electron chi connectivity index (χ4n) is 3.93. The van der Waals surface area contributed by atoms with Crippen LogP contribution in [0.4, 0.5) is 0 Å². The molecule has 1 N–H and O–H groups in total. The van der Waals surface area contributed by atoms with Gasteiger partial charge in [-0.05, 0) is 49.1 Å². The van der Waals surface area contributed by atoms with Crippen LogP contribution in [0.1, 0.15) is 37.0 Å². The monoisotopic (exact) mass is 488 g/mol. The quantitative estimate of drug-likeness (QED) is 0.392. The Hall–Kier alpha value is -3.80. The number of hydrogen-bond donors (Lipinski definition) is 1. The van der Waals surface area contributed by atoms with Gasteiger partial charge in [0.25, 0.3) is 5.91 Å². The Labute approximate surface area is 214 Å². The average Bonchev–Trinajstić information content (AvgIpc) is 2.90. The molecule has 36 heavy (non-hydrogen) atoms. The van der Waals surface area contributed by atoms with Crippen molar-refractivity contribution in [2.75, 3.05) is 13.7 Å². The van der Waals surface area contributed by atoms with Crippen LogP contribution >= 0.6 is 0 Å². The smallest absolute Gasteiger partial charge is 0.261 e. The third-order valence-corrected chi connectivity index (χ3v) is 6.29. The first-order chi connectivity index (χ1) is 17.4. The van der Waals surface area contributed by atoms with E-state index in [1.807, 2.05) is 87.5 Å². The van der Waals surface area contributed by atoms with Crippen molar-refractivity contribution in [3.8, 4) is 11.5 Å². The van der Waals surface area contributed by atoms with E-state index >= 15 is 0 Å². The van der Waals surface area contributed by atoms with Crippen LogP contribution in [0, 0.1) is 6.92 Å². The van der Waals surface area contributed by atoms with E-state index in [0.29, 0.717) is 24.5 Å². The Morgan fingerprint density at radius 3 is 2.22 bits per heavy atom. The van der Waals surface area contributed by atoms with Gasteiger partial charge in [0, 0.05) is 19.0 Å². The highest BCUT2D eigenvalue weighted by atomic mass is 16.5. The summed E-state index contributed by atoms with van der Waals surface area (Å²) in [6.07, 6.45) is 1.20. The topological polar surface area (TPSA) is 67.9 Å². The molecule has 0 bridgehead atoms. The lowest BCUT2D eigenvalue weighted by Crippen LogP contribution is -2.53. The summed E-state index contributed by atoms with van der Waals surface area (Å²) in [7, 11) is 1.56. The van der Waals surface area contributed by atoms with Gasteiger partial charge in [-0.1, -0.05) is 73.7 Å². The largest absolute Gasteiger partial charge is 0.493 e. The van der Waals surface area contributed by atoms with E-state index in [0.717, 1.165) is 23.1 Å². The molecule has 3 aromatic carbocycles. The number of aryl methyl sites for hydroxylation is 1. The number of carbonyl (C=O) groups excluding carboxylic acids is 2. The maximum atomic E-state index is 13.7. The second-order valence-electron chi connectivity index (χ2n) is 8.91. The zero-order chi connectivity index (χ0) is 25.9. The first-order valence-electron chi connectivity index (χ1n) is 12.4. The molecule has 190 valence electrons. The van der Waals surface area contributed by atoms with Gasteiger partial charge in [-0.25, -0.2) is 0 Å². The zero-order valence-corrected chi connectivity index (χ0v) is 21.6. The molecule has 6 nitrogen and oxygen atoms in total. The van der Waals surface area contributed by atoms with Gasteiger partial charge in [-0.3, -0.25) is 9.59 Å². The van der Waals surface area contributed by atoms with Crippen molar-refractivity contribution in [2.24, 2.45) is 0 Å². The number of para-hydroxylation sites is 2. The van der Waals surface area contributed by atoms with Crippen LogP contribution in [0.2, 0.25) is 0 Å². The third-order valence-electron chi connectivity index (χ3n) is 6.29. The van der Waals surface area contributed by atoms with Crippen molar-refractivity contribution in [2.45, 2.75) is 52.2 Å². The Kier molecular flexibility index (Phi) is 9.92. The number of rotatable bonds is 12. The fourth-order valence-corrected chi connectivity index (χ4v) is 3.93. The van der Waals surface area contributed by atoms with E-state index in [1.54, 1.807) is 24.1 Å². The number of amides is 2. The standard InChI is InChI=1S/C30H36N2O4/c1-5-23(3)31-30(34)26(19-24-14-7-6-8-15-24)32(20-25-16-10-9-13-22(25)2)29(33)21-36-28-18-12-11-17-27(28)35-4/h6-18,23,26H,5,19-21H2,1-4H3,(H,31,34). The number of ether oxygens (including phenoxy) is 2. The summed E-state index contributed by atoms with van der Waals surface area (Å²) >= 11 is 0. The molecule has 2 unspecified atom stereocenters. The van der Waals surface area contributed by atoms with Crippen molar-refractivity contribution in [3.05, 3.63) is 95.6 Å². The zero-order valence-electron chi connectivity index (χ0n) is 21.6. The van der Waals surface area contributed by atoms with Gasteiger partial charge in [-0.15, -0.1) is 0 Å². The lowest BCUT2D eigenvalue weighted by Gasteiger charge is -2.32. The third kappa shape index (κ3) is 7.35. The SMILES string of the molecule is CCC(C)NC(=O)C(Cc1ccccc1)N(Cc1ccccc1C)C(=O)COc1ccccc1OC. The van der Waals surface area contributed by atoms with Crippen LogP contribution in [0.15, 0.2) is 78.9 Å². The van der Waals surface area contributed by atoms with Crippen molar-refractivity contribution in [3.63, 3.8) is 0 Å². The first-order valence-corrected chi connectivity index (χ1v) is 12.4. The molecule has 0 heterocycles. The van der Waals surface area contributed by atoms with Gasteiger partial charge >= 0.3 is 0 Å². The Balaban J connectivity index is 1.94. The molecule has 0 fully saturated rings. The lowest BCUT2D eigenvalue weighted by atomic mass is 10.0. The highest BCUT2D eigenvalue weighted by Crippen LogP contribution is 2.26. The highest BCUT2D eigenvalue weighted by Gasteiger charge is 2.31. The van der Waals surface area contributed by atoms with E-state index in [1.165, 1.54) is 0 Å². The molecule has 0 aliphatic rings. The van der Waals surface area contributed by atoms with Crippen molar-refractivity contribution in [1.29, 1.82) is 0 Å².